The van der Waals surface area contributed by atoms with Crippen molar-refractivity contribution in [3.63, 3.8) is 0 Å². The first-order valence-electron chi connectivity index (χ1n) is 2.72. The lowest BCUT2D eigenvalue weighted by Crippen LogP contribution is -2.19. The molecule has 1 fully saturated rings. The average Bonchev–Trinajstić information content (AvgIpc) is 2.19. The van der Waals surface area contributed by atoms with Crippen LogP contribution in [0.4, 0.5) is 0 Å². The van der Waals surface area contributed by atoms with Gasteiger partial charge in [-0.2, -0.15) is 0 Å². The lowest BCUT2D eigenvalue weighted by atomic mass is 10.4. The van der Waals surface area contributed by atoms with Gasteiger partial charge in [0.2, 0.25) is 0 Å². The summed E-state index contributed by atoms with van der Waals surface area (Å²) in [6.07, 6.45) is 1.63. The van der Waals surface area contributed by atoms with Crippen molar-refractivity contribution in [3.8, 4) is 0 Å². The molecule has 2 nitrogen and oxygen atoms in total. The third kappa shape index (κ3) is 1.49. The molecular formula is C5H9NOS. The zero-order valence-corrected chi connectivity index (χ0v) is 5.41. The standard InChI is InChI=1S/C5H9NOS/c7-3-1-5-6-2-4-8-5/h3,5-6H,1-2,4H2. The van der Waals surface area contributed by atoms with Crippen LogP contribution in [0.5, 0.6) is 0 Å². The molecule has 1 atom stereocenters. The quantitative estimate of drug-likeness (QED) is 0.544. The van der Waals surface area contributed by atoms with Crippen molar-refractivity contribution in [3.05, 3.63) is 0 Å². The van der Waals surface area contributed by atoms with Crippen molar-refractivity contribution >= 4 is 18.0 Å². The van der Waals surface area contributed by atoms with Gasteiger partial charge in [0.25, 0.3) is 0 Å². The van der Waals surface area contributed by atoms with Crippen LogP contribution in [0.25, 0.3) is 0 Å². The molecule has 3 heteroatoms. The molecule has 1 aliphatic heterocycles. The zero-order valence-electron chi connectivity index (χ0n) is 4.59. The molecule has 1 unspecified atom stereocenters. The highest BCUT2D eigenvalue weighted by Crippen LogP contribution is 2.14. The second-order valence-corrected chi connectivity index (χ2v) is 3.03. The van der Waals surface area contributed by atoms with Crippen LogP contribution in [0.3, 0.4) is 0 Å². The fraction of sp³-hybridized carbons (Fsp3) is 0.800. The van der Waals surface area contributed by atoms with Gasteiger partial charge in [-0.15, -0.1) is 11.8 Å². The summed E-state index contributed by atoms with van der Waals surface area (Å²) in [6.45, 7) is 1.06. The molecule has 1 aliphatic rings. The Morgan fingerprint density at radius 1 is 1.88 bits per heavy atom. The first-order valence-corrected chi connectivity index (χ1v) is 3.77. The minimum Gasteiger partial charge on any atom is -0.304 e. The largest absolute Gasteiger partial charge is 0.304 e. The summed E-state index contributed by atoms with van der Waals surface area (Å²) in [5, 5.41) is 3.60. The van der Waals surface area contributed by atoms with Gasteiger partial charge in [0, 0.05) is 18.7 Å². The van der Waals surface area contributed by atoms with E-state index in [1.807, 2.05) is 11.8 Å². The van der Waals surface area contributed by atoms with Crippen LogP contribution in [-0.4, -0.2) is 24.0 Å². The Bertz CT molecular complexity index is 80.5. The number of nitrogens with one attached hydrogen (secondary N) is 1. The average molecular weight is 131 g/mol. The van der Waals surface area contributed by atoms with Crippen molar-refractivity contribution in [2.45, 2.75) is 11.8 Å². The van der Waals surface area contributed by atoms with Crippen LogP contribution < -0.4 is 5.32 Å². The first kappa shape index (κ1) is 6.11. The van der Waals surface area contributed by atoms with E-state index in [1.54, 1.807) is 0 Å². The molecular weight excluding hydrogens is 122 g/mol. The van der Waals surface area contributed by atoms with Crippen LogP contribution in [-0.2, 0) is 4.79 Å². The third-order valence-electron chi connectivity index (χ3n) is 1.10. The molecule has 0 radical (unpaired) electrons. The van der Waals surface area contributed by atoms with Crippen molar-refractivity contribution in [1.29, 1.82) is 0 Å². The molecule has 0 saturated carbocycles. The van der Waals surface area contributed by atoms with E-state index in [4.69, 9.17) is 0 Å². The Balaban J connectivity index is 2.14. The molecule has 1 heterocycles. The number of aldehydes is 1. The topological polar surface area (TPSA) is 29.1 Å². The van der Waals surface area contributed by atoms with Gasteiger partial charge in [-0.05, 0) is 0 Å². The van der Waals surface area contributed by atoms with Crippen LogP contribution in [0.15, 0.2) is 0 Å². The highest BCUT2D eigenvalue weighted by molar-refractivity contribution is 8.00. The molecule has 0 aromatic heterocycles. The fourth-order valence-corrected chi connectivity index (χ4v) is 1.69. The monoisotopic (exact) mass is 131 g/mol. The van der Waals surface area contributed by atoms with Gasteiger partial charge in [-0.25, -0.2) is 0 Å². The number of carbonyl (C=O) groups excluding carboxylic acids is 1. The van der Waals surface area contributed by atoms with Gasteiger partial charge in [-0.3, -0.25) is 0 Å². The third-order valence-corrected chi connectivity index (χ3v) is 2.30. The second-order valence-electron chi connectivity index (χ2n) is 1.72. The Morgan fingerprint density at radius 2 is 2.75 bits per heavy atom. The van der Waals surface area contributed by atoms with Gasteiger partial charge in [0.15, 0.2) is 0 Å². The molecule has 0 aromatic carbocycles. The Kier molecular flexibility index (Phi) is 2.36. The van der Waals surface area contributed by atoms with Crippen LogP contribution in [0.2, 0.25) is 0 Å². The molecule has 0 amide bonds. The van der Waals surface area contributed by atoms with E-state index in [-0.39, 0.29) is 0 Å². The Morgan fingerprint density at radius 3 is 3.25 bits per heavy atom. The molecule has 0 aliphatic carbocycles. The Hall–Kier alpha value is -0.0200. The summed E-state index contributed by atoms with van der Waals surface area (Å²) >= 11 is 1.82. The lowest BCUT2D eigenvalue weighted by molar-refractivity contribution is -0.107. The molecule has 0 bridgehead atoms. The molecule has 8 heavy (non-hydrogen) atoms. The first-order chi connectivity index (χ1) is 3.93. The maximum absolute atomic E-state index is 9.91. The minimum absolute atomic E-state index is 0.410. The smallest absolute Gasteiger partial charge is 0.122 e. The van der Waals surface area contributed by atoms with Crippen molar-refractivity contribution < 1.29 is 4.79 Å². The van der Waals surface area contributed by atoms with Crippen molar-refractivity contribution in [2.75, 3.05) is 12.3 Å². The predicted molar refractivity (Wildman–Crippen MR) is 34.9 cm³/mol. The molecule has 0 aromatic rings. The SMILES string of the molecule is O=CCC1NCCS1. The van der Waals surface area contributed by atoms with E-state index >= 15 is 0 Å². The van der Waals surface area contributed by atoms with E-state index in [1.165, 1.54) is 0 Å². The summed E-state index contributed by atoms with van der Waals surface area (Å²) in [7, 11) is 0. The number of hydrogen-bond acceptors (Lipinski definition) is 3. The predicted octanol–water partition coefficient (Wildman–Crippen LogP) is 0.238. The molecule has 1 saturated heterocycles. The summed E-state index contributed by atoms with van der Waals surface area (Å²) in [6, 6.07) is 0. The van der Waals surface area contributed by atoms with Gasteiger partial charge in [0.1, 0.15) is 6.29 Å². The number of hydrogen-bond donors (Lipinski definition) is 1. The summed E-state index contributed by atoms with van der Waals surface area (Å²) in [5.74, 6) is 1.15. The molecule has 0 spiro atoms. The van der Waals surface area contributed by atoms with E-state index in [0.717, 1.165) is 18.6 Å². The Labute approximate surface area is 53.0 Å². The highest BCUT2D eigenvalue weighted by Gasteiger charge is 2.12. The van der Waals surface area contributed by atoms with E-state index in [9.17, 15) is 4.79 Å². The van der Waals surface area contributed by atoms with Crippen LogP contribution >= 0.6 is 11.8 Å². The molecule has 1 rings (SSSR count). The maximum atomic E-state index is 9.91. The van der Waals surface area contributed by atoms with Crippen molar-refractivity contribution in [1.82, 2.24) is 5.32 Å². The van der Waals surface area contributed by atoms with Crippen LogP contribution in [0, 0.1) is 0 Å². The lowest BCUT2D eigenvalue weighted by Gasteiger charge is -2.00. The minimum atomic E-state index is 0.410. The second kappa shape index (κ2) is 3.10. The van der Waals surface area contributed by atoms with Gasteiger partial charge in [0.05, 0.1) is 5.37 Å². The zero-order chi connectivity index (χ0) is 5.82. The summed E-state index contributed by atoms with van der Waals surface area (Å²) < 4.78 is 0. The highest BCUT2D eigenvalue weighted by atomic mass is 32.2. The van der Waals surface area contributed by atoms with Crippen LogP contribution in [0.1, 0.15) is 6.42 Å². The van der Waals surface area contributed by atoms with Crippen molar-refractivity contribution in [2.24, 2.45) is 0 Å². The number of rotatable bonds is 2. The summed E-state index contributed by atoms with van der Waals surface area (Å²) in [5.41, 5.74) is 0. The van der Waals surface area contributed by atoms with Gasteiger partial charge in [-0.1, -0.05) is 0 Å². The summed E-state index contributed by atoms with van der Waals surface area (Å²) in [4.78, 5) is 9.91. The number of carbonyl (C=O) groups is 1. The normalized spacial score (nSPS) is 28.2. The van der Waals surface area contributed by atoms with E-state index in [0.29, 0.717) is 11.8 Å². The fourth-order valence-electron chi connectivity index (χ4n) is 0.719. The molecule has 1 N–H and O–H groups in total. The molecule has 46 valence electrons. The van der Waals surface area contributed by atoms with E-state index < -0.39 is 0 Å². The van der Waals surface area contributed by atoms with E-state index in [2.05, 4.69) is 5.32 Å². The maximum Gasteiger partial charge on any atom is 0.122 e. The van der Waals surface area contributed by atoms with Gasteiger partial charge < -0.3 is 10.1 Å². The number of thioether (sulfide) groups is 1. The van der Waals surface area contributed by atoms with Gasteiger partial charge >= 0.3 is 0 Å².